The Kier molecular flexibility index (Phi) is 8.42. The van der Waals surface area contributed by atoms with E-state index in [0.29, 0.717) is 38.2 Å². The number of urea groups is 1. The summed E-state index contributed by atoms with van der Waals surface area (Å²) < 4.78 is 0. The van der Waals surface area contributed by atoms with Gasteiger partial charge in [0.25, 0.3) is 5.91 Å². The molecule has 31 heavy (non-hydrogen) atoms. The summed E-state index contributed by atoms with van der Waals surface area (Å²) in [6, 6.07) is -0.928. The minimum absolute atomic E-state index is 0.250. The highest BCUT2D eigenvalue weighted by atomic mass is 32.2. The van der Waals surface area contributed by atoms with Gasteiger partial charge in [-0.25, -0.2) is 4.79 Å². The van der Waals surface area contributed by atoms with Crippen LogP contribution in [0.15, 0.2) is 0 Å². The zero-order valence-electron chi connectivity index (χ0n) is 17.8. The standard InChI is InChI=1S/C20H33N5O5S/c26-15(17(28)23-14-6-2-5-9-21-16(14)27)12-22-18(29)20(7-3-1-4-8-20)24-19(30)25-10-11-31-13-25/h14-15,26H,1-13H2,(H,21,27)(H,22,29)(H,23,28)(H,24,30)/t14-,15-/m0/s1. The number of hydrogen-bond donors (Lipinski definition) is 5. The van der Waals surface area contributed by atoms with Crippen molar-refractivity contribution in [2.75, 3.05) is 31.3 Å². The molecule has 0 radical (unpaired) electrons. The molecule has 3 aliphatic rings. The Hall–Kier alpha value is -2.01. The predicted molar refractivity (Wildman–Crippen MR) is 116 cm³/mol. The van der Waals surface area contributed by atoms with E-state index in [1.807, 2.05) is 0 Å². The third-order valence-electron chi connectivity index (χ3n) is 6.14. The molecule has 5 amide bonds. The molecular weight excluding hydrogens is 422 g/mol. The molecule has 0 unspecified atom stereocenters. The van der Waals surface area contributed by atoms with Gasteiger partial charge in [0.1, 0.15) is 17.7 Å². The summed E-state index contributed by atoms with van der Waals surface area (Å²) in [4.78, 5) is 51.6. The first-order valence-electron chi connectivity index (χ1n) is 11.1. The van der Waals surface area contributed by atoms with Crippen LogP contribution in [0.5, 0.6) is 0 Å². The molecule has 5 N–H and O–H groups in total. The van der Waals surface area contributed by atoms with Gasteiger partial charge in [0, 0.05) is 18.8 Å². The lowest BCUT2D eigenvalue weighted by atomic mass is 9.81. The van der Waals surface area contributed by atoms with Gasteiger partial charge >= 0.3 is 6.03 Å². The fourth-order valence-electron chi connectivity index (χ4n) is 4.22. The quantitative estimate of drug-likeness (QED) is 0.371. The zero-order chi connectivity index (χ0) is 22.3. The molecule has 11 heteroatoms. The SMILES string of the molecule is O=C1NCCCC[C@@H]1NC(=O)[C@@H](O)CNC(=O)C1(NC(=O)N2CCSC2)CCCCC1. The van der Waals surface area contributed by atoms with Crippen molar-refractivity contribution in [1.82, 2.24) is 26.2 Å². The van der Waals surface area contributed by atoms with Crippen molar-refractivity contribution >= 4 is 35.5 Å². The molecule has 0 aromatic rings. The minimum atomic E-state index is -1.48. The maximum absolute atomic E-state index is 13.0. The Morgan fingerprint density at radius 3 is 2.68 bits per heavy atom. The van der Waals surface area contributed by atoms with E-state index >= 15 is 0 Å². The summed E-state index contributed by atoms with van der Waals surface area (Å²) in [6.45, 7) is 0.950. The topological polar surface area (TPSA) is 140 Å². The van der Waals surface area contributed by atoms with Gasteiger partial charge in [0.15, 0.2) is 0 Å². The van der Waals surface area contributed by atoms with Crippen molar-refractivity contribution < 1.29 is 24.3 Å². The largest absolute Gasteiger partial charge is 0.381 e. The molecule has 0 aromatic heterocycles. The zero-order valence-corrected chi connectivity index (χ0v) is 18.6. The van der Waals surface area contributed by atoms with Crippen molar-refractivity contribution in [2.24, 2.45) is 0 Å². The van der Waals surface area contributed by atoms with E-state index in [4.69, 9.17) is 0 Å². The van der Waals surface area contributed by atoms with Gasteiger partial charge in [-0.3, -0.25) is 14.4 Å². The van der Waals surface area contributed by atoms with Crippen LogP contribution in [0, 0.1) is 0 Å². The smallest absolute Gasteiger partial charge is 0.318 e. The first-order chi connectivity index (χ1) is 14.9. The van der Waals surface area contributed by atoms with Crippen LogP contribution in [0.2, 0.25) is 0 Å². The number of nitrogens with zero attached hydrogens (tertiary/aromatic N) is 1. The summed E-state index contributed by atoms with van der Waals surface area (Å²) in [5, 5.41) is 21.1. The van der Waals surface area contributed by atoms with Gasteiger partial charge in [-0.1, -0.05) is 19.3 Å². The van der Waals surface area contributed by atoms with Crippen molar-refractivity contribution in [3.8, 4) is 0 Å². The van der Waals surface area contributed by atoms with Crippen LogP contribution in [0.1, 0.15) is 51.4 Å². The van der Waals surface area contributed by atoms with Gasteiger partial charge in [-0.15, -0.1) is 11.8 Å². The lowest BCUT2D eigenvalue weighted by Gasteiger charge is -2.37. The number of aliphatic hydroxyl groups excluding tert-OH is 1. The second-order valence-electron chi connectivity index (χ2n) is 8.45. The molecule has 0 aromatic carbocycles. The second kappa shape index (κ2) is 11.0. The molecule has 2 atom stereocenters. The molecule has 0 bridgehead atoms. The summed E-state index contributed by atoms with van der Waals surface area (Å²) in [5.41, 5.74) is -1.03. The van der Waals surface area contributed by atoms with Crippen LogP contribution in [0.25, 0.3) is 0 Å². The Bertz CT molecular complexity index is 679. The van der Waals surface area contributed by atoms with E-state index in [1.54, 1.807) is 16.7 Å². The van der Waals surface area contributed by atoms with E-state index in [-0.39, 0.29) is 24.4 Å². The van der Waals surface area contributed by atoms with Gasteiger partial charge in [0.05, 0.1) is 12.4 Å². The van der Waals surface area contributed by atoms with Gasteiger partial charge in [0.2, 0.25) is 11.8 Å². The number of carbonyl (C=O) groups is 4. The Morgan fingerprint density at radius 1 is 1.19 bits per heavy atom. The van der Waals surface area contributed by atoms with Crippen LogP contribution >= 0.6 is 11.8 Å². The normalized spacial score (nSPS) is 24.5. The fourth-order valence-corrected chi connectivity index (χ4v) is 5.16. The van der Waals surface area contributed by atoms with E-state index in [2.05, 4.69) is 21.3 Å². The van der Waals surface area contributed by atoms with Crippen molar-refractivity contribution in [1.29, 1.82) is 0 Å². The average molecular weight is 456 g/mol. The second-order valence-corrected chi connectivity index (χ2v) is 9.52. The van der Waals surface area contributed by atoms with Gasteiger partial charge in [-0.05, 0) is 32.1 Å². The van der Waals surface area contributed by atoms with Gasteiger partial charge < -0.3 is 31.3 Å². The van der Waals surface area contributed by atoms with Crippen LogP contribution in [-0.2, 0) is 14.4 Å². The van der Waals surface area contributed by atoms with Crippen LogP contribution in [0.4, 0.5) is 4.79 Å². The third kappa shape index (κ3) is 6.25. The molecule has 174 valence electrons. The fraction of sp³-hybridized carbons (Fsp3) is 0.800. The lowest BCUT2D eigenvalue weighted by molar-refractivity contribution is -0.135. The molecule has 0 spiro atoms. The predicted octanol–water partition coefficient (Wildman–Crippen LogP) is -0.333. The van der Waals surface area contributed by atoms with Crippen molar-refractivity contribution in [3.63, 3.8) is 0 Å². The van der Waals surface area contributed by atoms with Crippen LogP contribution in [0.3, 0.4) is 0 Å². The van der Waals surface area contributed by atoms with Gasteiger partial charge in [-0.2, -0.15) is 0 Å². The maximum Gasteiger partial charge on any atom is 0.318 e. The van der Waals surface area contributed by atoms with Crippen LogP contribution in [-0.4, -0.2) is 82.7 Å². The van der Waals surface area contributed by atoms with Crippen molar-refractivity contribution in [2.45, 2.75) is 69.1 Å². The molecule has 3 fully saturated rings. The highest BCUT2D eigenvalue weighted by Gasteiger charge is 2.42. The highest BCUT2D eigenvalue weighted by Crippen LogP contribution is 2.29. The van der Waals surface area contributed by atoms with E-state index < -0.39 is 23.6 Å². The number of hydrogen-bond acceptors (Lipinski definition) is 6. The number of thioether (sulfide) groups is 1. The first kappa shape index (κ1) is 23.6. The van der Waals surface area contributed by atoms with Crippen LogP contribution < -0.4 is 21.3 Å². The molecule has 10 nitrogen and oxygen atoms in total. The number of aliphatic hydroxyl groups is 1. The first-order valence-corrected chi connectivity index (χ1v) is 12.3. The summed E-state index contributed by atoms with van der Waals surface area (Å²) in [7, 11) is 0. The minimum Gasteiger partial charge on any atom is -0.381 e. The molecule has 3 rings (SSSR count). The Morgan fingerprint density at radius 2 is 1.97 bits per heavy atom. The lowest BCUT2D eigenvalue weighted by Crippen LogP contribution is -2.62. The number of carbonyl (C=O) groups excluding carboxylic acids is 4. The molecule has 2 heterocycles. The molecule has 1 aliphatic carbocycles. The Balaban J connectivity index is 1.53. The maximum atomic E-state index is 13.0. The summed E-state index contributed by atoms with van der Waals surface area (Å²) >= 11 is 1.67. The third-order valence-corrected chi connectivity index (χ3v) is 7.10. The number of amides is 5. The monoisotopic (exact) mass is 455 g/mol. The Labute approximate surface area is 186 Å². The number of nitrogens with one attached hydrogen (secondary N) is 4. The average Bonchev–Trinajstić information content (AvgIpc) is 3.24. The number of rotatable bonds is 6. The highest BCUT2D eigenvalue weighted by molar-refractivity contribution is 7.99. The van der Waals surface area contributed by atoms with E-state index in [9.17, 15) is 24.3 Å². The molecule has 2 saturated heterocycles. The summed E-state index contributed by atoms with van der Waals surface area (Å²) in [6.07, 6.45) is 4.37. The summed E-state index contributed by atoms with van der Waals surface area (Å²) in [5.74, 6) is 0.153. The molecule has 2 aliphatic heterocycles. The molecule has 1 saturated carbocycles. The van der Waals surface area contributed by atoms with E-state index in [1.165, 1.54) is 0 Å². The van der Waals surface area contributed by atoms with E-state index in [0.717, 1.165) is 37.9 Å². The molecular formula is C20H33N5O5S. The van der Waals surface area contributed by atoms with Crippen molar-refractivity contribution in [3.05, 3.63) is 0 Å².